The summed E-state index contributed by atoms with van der Waals surface area (Å²) >= 11 is 8.18. The third kappa shape index (κ3) is 2.87. The number of fused-ring (bicyclic) bond motifs is 5. The van der Waals surface area contributed by atoms with Crippen LogP contribution in [0.25, 0.3) is 26.9 Å². The zero-order chi connectivity index (χ0) is 22.3. The van der Waals surface area contributed by atoms with Crippen LogP contribution < -0.4 is 10.1 Å². The topological polar surface area (TPSA) is 64.3 Å². The van der Waals surface area contributed by atoms with Gasteiger partial charge in [0.2, 0.25) is 5.95 Å². The fourth-order valence-electron chi connectivity index (χ4n) is 4.75. The average Bonchev–Trinajstić information content (AvgIpc) is 3.13. The van der Waals surface area contributed by atoms with E-state index in [0.29, 0.717) is 29.6 Å². The lowest BCUT2D eigenvalue weighted by Gasteiger charge is -2.14. The van der Waals surface area contributed by atoms with Gasteiger partial charge in [0.25, 0.3) is 0 Å². The summed E-state index contributed by atoms with van der Waals surface area (Å²) in [5.41, 5.74) is 4.10. The lowest BCUT2D eigenvalue weighted by atomic mass is 10.0. The molecule has 0 saturated heterocycles. The molecule has 1 N–H and O–H groups in total. The number of nitrogens with one attached hydrogen (secondary N) is 1. The van der Waals surface area contributed by atoms with Gasteiger partial charge >= 0.3 is 0 Å². The van der Waals surface area contributed by atoms with Crippen molar-refractivity contribution in [3.05, 3.63) is 69.7 Å². The van der Waals surface area contributed by atoms with Gasteiger partial charge in [0.1, 0.15) is 24.0 Å². The molecule has 7 rings (SSSR count). The minimum Gasteiger partial charge on any atom is -0.489 e. The fraction of sp³-hybridized carbons (Fsp3) is 0.208. The molecule has 6 nitrogen and oxygen atoms in total. The highest BCUT2D eigenvalue weighted by Gasteiger charge is 2.49. The van der Waals surface area contributed by atoms with E-state index in [1.165, 1.54) is 6.07 Å². The molecule has 1 saturated carbocycles. The number of anilines is 1. The van der Waals surface area contributed by atoms with Crippen LogP contribution in [0.3, 0.4) is 0 Å². The second-order valence-electron chi connectivity index (χ2n) is 8.49. The Hall–Kier alpha value is -3.23. The van der Waals surface area contributed by atoms with Gasteiger partial charge in [0, 0.05) is 50.3 Å². The number of aryl methyl sites for hydroxylation is 1. The lowest BCUT2D eigenvalue weighted by Crippen LogP contribution is -2.10. The van der Waals surface area contributed by atoms with Crippen molar-refractivity contribution in [3.63, 3.8) is 0 Å². The van der Waals surface area contributed by atoms with Crippen LogP contribution >= 0.6 is 22.9 Å². The van der Waals surface area contributed by atoms with Crippen molar-refractivity contribution < 1.29 is 9.13 Å². The van der Waals surface area contributed by atoms with Gasteiger partial charge in [-0.25, -0.2) is 9.37 Å². The van der Waals surface area contributed by atoms with Crippen molar-refractivity contribution in [1.82, 2.24) is 19.6 Å². The van der Waals surface area contributed by atoms with Crippen LogP contribution in [0, 0.1) is 12.7 Å². The van der Waals surface area contributed by atoms with Crippen molar-refractivity contribution in [3.8, 4) is 16.9 Å². The predicted octanol–water partition coefficient (Wildman–Crippen LogP) is 5.97. The summed E-state index contributed by atoms with van der Waals surface area (Å²) in [5, 5.41) is 13.5. The largest absolute Gasteiger partial charge is 0.489 e. The maximum absolute atomic E-state index is 14.7. The maximum Gasteiger partial charge on any atom is 0.210 e. The molecule has 0 unspecified atom stereocenters. The van der Waals surface area contributed by atoms with Crippen LogP contribution in [0.4, 0.5) is 10.3 Å². The quantitative estimate of drug-likeness (QED) is 0.345. The van der Waals surface area contributed by atoms with Crippen LogP contribution in [0.2, 0.25) is 5.02 Å². The van der Waals surface area contributed by atoms with Gasteiger partial charge in [-0.15, -0.1) is 21.5 Å². The molecule has 2 atom stereocenters. The number of halogens is 2. The normalized spacial score (nSPS) is 18.4. The Kier molecular flexibility index (Phi) is 4.02. The molecule has 2 aromatic carbocycles. The second-order valence-corrected chi connectivity index (χ2v) is 10.1. The summed E-state index contributed by atoms with van der Waals surface area (Å²) in [5.74, 6) is 1.42. The van der Waals surface area contributed by atoms with Crippen molar-refractivity contribution >= 4 is 44.6 Å². The van der Waals surface area contributed by atoms with Crippen molar-refractivity contribution in [1.29, 1.82) is 0 Å². The van der Waals surface area contributed by atoms with Gasteiger partial charge in [-0.2, -0.15) is 0 Å². The fourth-order valence-corrected chi connectivity index (χ4v) is 6.02. The third-order valence-electron chi connectivity index (χ3n) is 6.50. The molecule has 33 heavy (non-hydrogen) atoms. The van der Waals surface area contributed by atoms with Gasteiger partial charge in [-0.05, 0) is 43.2 Å². The van der Waals surface area contributed by atoms with Crippen LogP contribution in [0.1, 0.15) is 28.3 Å². The monoisotopic (exact) mass is 477 g/mol. The van der Waals surface area contributed by atoms with E-state index < -0.39 is 0 Å². The molecule has 1 aliphatic carbocycles. The van der Waals surface area contributed by atoms with Crippen molar-refractivity contribution in [2.24, 2.45) is 0 Å². The Balaban J connectivity index is 1.25. The third-order valence-corrected chi connectivity index (χ3v) is 8.18. The van der Waals surface area contributed by atoms with E-state index >= 15 is 0 Å². The molecule has 1 fully saturated rings. The molecule has 3 aromatic heterocycles. The SMILES string of the molecule is Cc1sc2ccc(-c3cnc(NCc4c(F)ccc5c4[C@H]4C[C@H]4O5)n4cnnc34)cc2c1Cl. The van der Waals surface area contributed by atoms with Gasteiger partial charge in [-0.3, -0.25) is 4.40 Å². The smallest absolute Gasteiger partial charge is 0.210 e. The first-order valence-electron chi connectivity index (χ1n) is 10.7. The molecule has 0 amide bonds. The minimum atomic E-state index is -0.231. The molecular formula is C24H17ClFN5OS. The van der Waals surface area contributed by atoms with Crippen molar-refractivity contribution in [2.75, 3.05) is 5.32 Å². The summed E-state index contributed by atoms with van der Waals surface area (Å²) in [6.45, 7) is 2.32. The molecule has 2 aliphatic rings. The number of thiophene rings is 1. The molecular weight excluding hydrogens is 461 g/mol. The highest BCUT2D eigenvalue weighted by atomic mass is 35.5. The number of hydrogen-bond donors (Lipinski definition) is 1. The Bertz CT molecular complexity index is 1600. The van der Waals surface area contributed by atoms with Crippen LogP contribution in [-0.4, -0.2) is 25.7 Å². The highest BCUT2D eigenvalue weighted by Crippen LogP contribution is 2.55. The summed E-state index contributed by atoms with van der Waals surface area (Å²) in [6.07, 6.45) is 4.55. The second kappa shape index (κ2) is 6.88. The Morgan fingerprint density at radius 3 is 3.12 bits per heavy atom. The van der Waals surface area contributed by atoms with E-state index in [9.17, 15) is 4.39 Å². The zero-order valence-corrected chi connectivity index (χ0v) is 19.0. The Morgan fingerprint density at radius 2 is 2.21 bits per heavy atom. The summed E-state index contributed by atoms with van der Waals surface area (Å²) in [6, 6.07) is 9.37. The summed E-state index contributed by atoms with van der Waals surface area (Å²) < 4.78 is 23.5. The van der Waals surface area contributed by atoms with Gasteiger partial charge < -0.3 is 10.1 Å². The van der Waals surface area contributed by atoms with Crippen LogP contribution in [0.5, 0.6) is 5.75 Å². The molecule has 9 heteroatoms. The molecule has 164 valence electrons. The van der Waals surface area contributed by atoms with Gasteiger partial charge in [0.15, 0.2) is 5.65 Å². The molecule has 5 aromatic rings. The number of hydrogen-bond acceptors (Lipinski definition) is 6. The van der Waals surface area contributed by atoms with E-state index in [-0.39, 0.29) is 11.9 Å². The van der Waals surface area contributed by atoms with Gasteiger partial charge in [0.05, 0.1) is 5.02 Å². The average molecular weight is 478 g/mol. The standard InChI is InChI=1S/C24H17ClFN5OS/c1-11-22(25)14-6-12(2-5-20(14)33-11)15-8-27-24(31-10-29-30-23(15)31)28-9-16-17(26)3-4-18-21(16)13-7-19(13)32-18/h2-6,8,10,13,19H,7,9H2,1H3,(H,27,28)/t13-,19+/m0/s1. The van der Waals surface area contributed by atoms with E-state index in [1.54, 1.807) is 34.3 Å². The maximum atomic E-state index is 14.7. The van der Waals surface area contributed by atoms with Crippen LogP contribution in [-0.2, 0) is 6.54 Å². The number of nitrogens with zero attached hydrogens (tertiary/aromatic N) is 4. The zero-order valence-electron chi connectivity index (χ0n) is 17.5. The highest BCUT2D eigenvalue weighted by molar-refractivity contribution is 7.19. The lowest BCUT2D eigenvalue weighted by molar-refractivity contribution is 0.318. The molecule has 4 heterocycles. The Labute approximate surface area is 197 Å². The first-order chi connectivity index (χ1) is 16.1. The number of rotatable bonds is 4. The van der Waals surface area contributed by atoms with Crippen LogP contribution in [0.15, 0.2) is 42.9 Å². The van der Waals surface area contributed by atoms with E-state index in [0.717, 1.165) is 48.8 Å². The predicted molar refractivity (Wildman–Crippen MR) is 127 cm³/mol. The molecule has 0 spiro atoms. The number of ether oxygens (including phenoxy) is 1. The van der Waals surface area contributed by atoms with Crippen molar-refractivity contribution in [2.45, 2.75) is 31.9 Å². The van der Waals surface area contributed by atoms with E-state index in [2.05, 4.69) is 32.6 Å². The minimum absolute atomic E-state index is 0.209. The number of aromatic nitrogens is 4. The molecule has 0 radical (unpaired) electrons. The first kappa shape index (κ1) is 19.3. The summed E-state index contributed by atoms with van der Waals surface area (Å²) in [4.78, 5) is 5.71. The van der Waals surface area contributed by atoms with E-state index in [4.69, 9.17) is 16.3 Å². The summed E-state index contributed by atoms with van der Waals surface area (Å²) in [7, 11) is 0. The van der Waals surface area contributed by atoms with Gasteiger partial charge in [-0.1, -0.05) is 17.7 Å². The van der Waals surface area contributed by atoms with E-state index in [1.807, 2.05) is 13.0 Å². The molecule has 1 aliphatic heterocycles. The number of benzene rings is 2. The molecule has 0 bridgehead atoms. The Morgan fingerprint density at radius 1 is 1.30 bits per heavy atom. The first-order valence-corrected chi connectivity index (χ1v) is 11.9.